The van der Waals surface area contributed by atoms with E-state index in [-0.39, 0.29) is 17.9 Å². The molecule has 1 aromatic carbocycles. The summed E-state index contributed by atoms with van der Waals surface area (Å²) >= 11 is 0. The first-order valence-corrected chi connectivity index (χ1v) is 6.86. The van der Waals surface area contributed by atoms with Crippen molar-refractivity contribution >= 4 is 11.9 Å². The lowest BCUT2D eigenvalue weighted by Crippen LogP contribution is -2.49. The number of benzene rings is 1. The van der Waals surface area contributed by atoms with Crippen molar-refractivity contribution < 1.29 is 14.3 Å². The van der Waals surface area contributed by atoms with E-state index in [2.05, 4.69) is 10.6 Å². The summed E-state index contributed by atoms with van der Waals surface area (Å²) in [6.07, 6.45) is 1.76. The number of hydrogen-bond donors (Lipinski definition) is 2. The molecule has 1 aliphatic rings. The first-order chi connectivity index (χ1) is 9.72. The highest BCUT2D eigenvalue weighted by atomic mass is 16.5. The summed E-state index contributed by atoms with van der Waals surface area (Å²) in [6, 6.07) is 9.24. The molecular formula is C15H20N2O3. The molecule has 5 nitrogen and oxygen atoms in total. The van der Waals surface area contributed by atoms with Crippen LogP contribution in [0.1, 0.15) is 24.3 Å². The Bertz CT molecular complexity index is 461. The molecule has 0 aliphatic carbocycles. The smallest absolute Gasteiger partial charge is 0.314 e. The van der Waals surface area contributed by atoms with Gasteiger partial charge >= 0.3 is 5.97 Å². The molecule has 1 fully saturated rings. The van der Waals surface area contributed by atoms with Crippen LogP contribution in [0.25, 0.3) is 0 Å². The van der Waals surface area contributed by atoms with Gasteiger partial charge in [0.2, 0.25) is 5.91 Å². The first-order valence-electron chi connectivity index (χ1n) is 6.86. The lowest BCUT2D eigenvalue weighted by Gasteiger charge is -2.25. The Morgan fingerprint density at radius 2 is 2.20 bits per heavy atom. The van der Waals surface area contributed by atoms with Crippen molar-refractivity contribution in [1.82, 2.24) is 10.6 Å². The van der Waals surface area contributed by atoms with Crippen LogP contribution in [0.15, 0.2) is 30.3 Å². The van der Waals surface area contributed by atoms with Gasteiger partial charge in [-0.1, -0.05) is 30.3 Å². The standard InChI is InChI=1S/C15H20N2O3/c1-20-15(19)12(11-6-3-2-4-7-11)10-17-13-8-5-9-16-14(13)18/h2-4,6-7,12-13,17H,5,8-10H2,1H3,(H,16,18). The number of ether oxygens (including phenoxy) is 1. The minimum atomic E-state index is -0.393. The van der Waals surface area contributed by atoms with E-state index in [4.69, 9.17) is 4.74 Å². The summed E-state index contributed by atoms with van der Waals surface area (Å²) in [4.78, 5) is 23.6. The molecular weight excluding hydrogens is 256 g/mol. The Morgan fingerprint density at radius 3 is 2.85 bits per heavy atom. The van der Waals surface area contributed by atoms with Crippen molar-refractivity contribution in [2.45, 2.75) is 24.8 Å². The maximum atomic E-state index is 11.9. The molecule has 2 rings (SSSR count). The summed E-state index contributed by atoms with van der Waals surface area (Å²) in [5.74, 6) is -0.677. The highest BCUT2D eigenvalue weighted by Crippen LogP contribution is 2.17. The van der Waals surface area contributed by atoms with E-state index in [1.807, 2.05) is 30.3 Å². The van der Waals surface area contributed by atoms with E-state index >= 15 is 0 Å². The topological polar surface area (TPSA) is 67.4 Å². The van der Waals surface area contributed by atoms with Gasteiger partial charge in [0, 0.05) is 13.1 Å². The molecule has 2 atom stereocenters. The molecule has 0 aromatic heterocycles. The zero-order valence-corrected chi connectivity index (χ0v) is 11.6. The number of piperidine rings is 1. The highest BCUT2D eigenvalue weighted by Gasteiger charge is 2.26. The van der Waals surface area contributed by atoms with Gasteiger partial charge in [0.25, 0.3) is 0 Å². The predicted octanol–water partition coefficient (Wildman–Crippen LogP) is 0.811. The molecule has 1 heterocycles. The molecule has 0 spiro atoms. The van der Waals surface area contributed by atoms with Crippen molar-refractivity contribution in [3.8, 4) is 0 Å². The molecule has 5 heteroatoms. The van der Waals surface area contributed by atoms with Crippen molar-refractivity contribution in [2.75, 3.05) is 20.2 Å². The molecule has 1 aliphatic heterocycles. The molecule has 1 saturated heterocycles. The minimum absolute atomic E-state index is 0.00734. The van der Waals surface area contributed by atoms with Gasteiger partial charge in [-0.25, -0.2) is 0 Å². The maximum absolute atomic E-state index is 11.9. The van der Waals surface area contributed by atoms with Crippen LogP contribution < -0.4 is 10.6 Å². The van der Waals surface area contributed by atoms with Crippen LogP contribution in [0.5, 0.6) is 0 Å². The van der Waals surface area contributed by atoms with E-state index in [9.17, 15) is 9.59 Å². The zero-order valence-electron chi connectivity index (χ0n) is 11.6. The Labute approximate surface area is 118 Å². The average molecular weight is 276 g/mol. The van der Waals surface area contributed by atoms with Gasteiger partial charge in [0.05, 0.1) is 19.1 Å². The number of carbonyl (C=O) groups excluding carboxylic acids is 2. The molecule has 1 aromatic rings. The fraction of sp³-hybridized carbons (Fsp3) is 0.467. The SMILES string of the molecule is COC(=O)C(CNC1CCCNC1=O)c1ccccc1. The lowest BCUT2D eigenvalue weighted by molar-refractivity contribution is -0.142. The molecule has 1 amide bonds. The Kier molecular flexibility index (Phi) is 5.12. The van der Waals surface area contributed by atoms with Gasteiger partial charge in [-0.15, -0.1) is 0 Å². The molecule has 0 bridgehead atoms. The quantitative estimate of drug-likeness (QED) is 0.781. The summed E-state index contributed by atoms with van der Waals surface area (Å²) in [7, 11) is 1.38. The van der Waals surface area contributed by atoms with Gasteiger partial charge in [-0.05, 0) is 18.4 Å². The van der Waals surface area contributed by atoms with Gasteiger partial charge < -0.3 is 15.4 Å². The monoisotopic (exact) mass is 276 g/mol. The molecule has 0 saturated carbocycles. The van der Waals surface area contributed by atoms with Gasteiger partial charge in [-0.2, -0.15) is 0 Å². The summed E-state index contributed by atoms with van der Waals surface area (Å²) in [5.41, 5.74) is 0.892. The van der Waals surface area contributed by atoms with E-state index < -0.39 is 5.92 Å². The van der Waals surface area contributed by atoms with Gasteiger partial charge in [0.15, 0.2) is 0 Å². The second kappa shape index (κ2) is 7.05. The van der Waals surface area contributed by atoms with Crippen LogP contribution in [0.4, 0.5) is 0 Å². The van der Waals surface area contributed by atoms with Gasteiger partial charge in [-0.3, -0.25) is 9.59 Å². The second-order valence-electron chi connectivity index (χ2n) is 4.88. The van der Waals surface area contributed by atoms with Gasteiger partial charge in [0.1, 0.15) is 0 Å². The lowest BCUT2D eigenvalue weighted by atomic mass is 9.98. The third-order valence-electron chi connectivity index (χ3n) is 3.54. The van der Waals surface area contributed by atoms with Crippen molar-refractivity contribution in [3.05, 3.63) is 35.9 Å². The molecule has 0 radical (unpaired) electrons. The van der Waals surface area contributed by atoms with E-state index in [1.165, 1.54) is 7.11 Å². The third-order valence-corrected chi connectivity index (χ3v) is 3.54. The fourth-order valence-electron chi connectivity index (χ4n) is 2.39. The van der Waals surface area contributed by atoms with Crippen molar-refractivity contribution in [3.63, 3.8) is 0 Å². The number of hydrogen-bond acceptors (Lipinski definition) is 4. The van der Waals surface area contributed by atoms with Crippen LogP contribution in [0.2, 0.25) is 0 Å². The number of carbonyl (C=O) groups is 2. The largest absolute Gasteiger partial charge is 0.469 e. The van der Waals surface area contributed by atoms with Crippen LogP contribution >= 0.6 is 0 Å². The molecule has 20 heavy (non-hydrogen) atoms. The van der Waals surface area contributed by atoms with Crippen LogP contribution in [-0.4, -0.2) is 38.1 Å². The minimum Gasteiger partial charge on any atom is -0.469 e. The van der Waals surface area contributed by atoms with Crippen LogP contribution in [0, 0.1) is 0 Å². The number of methoxy groups -OCH3 is 1. The number of amides is 1. The zero-order chi connectivity index (χ0) is 14.4. The number of nitrogens with one attached hydrogen (secondary N) is 2. The molecule has 2 unspecified atom stereocenters. The van der Waals surface area contributed by atoms with E-state index in [0.717, 1.165) is 24.9 Å². The van der Waals surface area contributed by atoms with Crippen molar-refractivity contribution in [1.29, 1.82) is 0 Å². The molecule has 2 N–H and O–H groups in total. The summed E-state index contributed by atoms with van der Waals surface area (Å²) < 4.78 is 4.85. The Morgan fingerprint density at radius 1 is 1.45 bits per heavy atom. The predicted molar refractivity (Wildman–Crippen MR) is 75.2 cm³/mol. The second-order valence-corrected chi connectivity index (χ2v) is 4.88. The number of rotatable bonds is 5. The normalized spacial score (nSPS) is 20.1. The summed E-state index contributed by atoms with van der Waals surface area (Å²) in [5, 5.41) is 5.99. The first kappa shape index (κ1) is 14.5. The Hall–Kier alpha value is -1.88. The Balaban J connectivity index is 2.01. The van der Waals surface area contributed by atoms with E-state index in [1.54, 1.807) is 0 Å². The summed E-state index contributed by atoms with van der Waals surface area (Å²) in [6.45, 7) is 1.13. The van der Waals surface area contributed by atoms with Crippen LogP contribution in [-0.2, 0) is 14.3 Å². The average Bonchev–Trinajstić information content (AvgIpc) is 2.50. The highest BCUT2D eigenvalue weighted by molar-refractivity contribution is 5.82. The van der Waals surface area contributed by atoms with Crippen molar-refractivity contribution in [2.24, 2.45) is 0 Å². The molecule has 108 valence electrons. The maximum Gasteiger partial charge on any atom is 0.314 e. The third kappa shape index (κ3) is 3.57. The van der Waals surface area contributed by atoms with E-state index in [0.29, 0.717) is 6.54 Å². The fourth-order valence-corrected chi connectivity index (χ4v) is 2.39. The van der Waals surface area contributed by atoms with Crippen LogP contribution in [0.3, 0.4) is 0 Å². The number of esters is 1.